The van der Waals surface area contributed by atoms with Crippen LogP contribution in [0.15, 0.2) is 18.2 Å². The van der Waals surface area contributed by atoms with Gasteiger partial charge in [0.25, 0.3) is 17.6 Å². The SMILES string of the molecule is O=C1Nc2ccc([N+](=O)[O-])cc2[C@]12[C@@H]([N+](=O)[O-])[C@H](C(F)(F)F)[C@H]1CCCN12. The summed E-state index contributed by atoms with van der Waals surface area (Å²) in [5.74, 6) is -3.29. The Kier molecular flexibility index (Phi) is 3.51. The number of hydrogen-bond donors (Lipinski definition) is 1. The Labute approximate surface area is 149 Å². The van der Waals surface area contributed by atoms with Gasteiger partial charge < -0.3 is 5.32 Å². The third-order valence-electron chi connectivity index (χ3n) is 5.76. The summed E-state index contributed by atoms with van der Waals surface area (Å²) in [5, 5.41) is 25.3. The monoisotopic (exact) mass is 386 g/mol. The Balaban J connectivity index is 2.01. The number of anilines is 1. The summed E-state index contributed by atoms with van der Waals surface area (Å²) in [6.45, 7) is 0.0666. The first kappa shape index (κ1) is 17.6. The van der Waals surface area contributed by atoms with Crippen molar-refractivity contribution in [3.05, 3.63) is 44.0 Å². The summed E-state index contributed by atoms with van der Waals surface area (Å²) < 4.78 is 41.4. The number of nitrogens with zero attached hydrogens (tertiary/aromatic N) is 3. The van der Waals surface area contributed by atoms with Gasteiger partial charge in [0.05, 0.1) is 4.92 Å². The molecule has 27 heavy (non-hydrogen) atoms. The van der Waals surface area contributed by atoms with Crippen LogP contribution in [0.5, 0.6) is 0 Å². The van der Waals surface area contributed by atoms with E-state index in [2.05, 4.69) is 5.32 Å². The van der Waals surface area contributed by atoms with Gasteiger partial charge in [-0.05, 0) is 18.9 Å². The molecule has 144 valence electrons. The number of fused-ring (bicyclic) bond motifs is 4. The molecule has 1 aromatic carbocycles. The fraction of sp³-hybridized carbons (Fsp3) is 0.533. The van der Waals surface area contributed by atoms with Crippen LogP contribution in [-0.2, 0) is 10.3 Å². The minimum Gasteiger partial charge on any atom is -0.324 e. The average Bonchev–Trinajstić information content (AvgIpc) is 3.19. The van der Waals surface area contributed by atoms with Gasteiger partial charge in [-0.15, -0.1) is 0 Å². The highest BCUT2D eigenvalue weighted by atomic mass is 19.4. The molecule has 2 saturated heterocycles. The second-order valence-electron chi connectivity index (χ2n) is 6.91. The topological polar surface area (TPSA) is 119 Å². The maximum atomic E-state index is 13.8. The van der Waals surface area contributed by atoms with Gasteiger partial charge in [-0.3, -0.25) is 29.9 Å². The molecule has 4 atom stereocenters. The summed E-state index contributed by atoms with van der Waals surface area (Å²) >= 11 is 0. The predicted molar refractivity (Wildman–Crippen MR) is 83.5 cm³/mol. The number of amides is 1. The highest BCUT2D eigenvalue weighted by Crippen LogP contribution is 2.58. The summed E-state index contributed by atoms with van der Waals surface area (Å²) in [7, 11) is 0. The minimum absolute atomic E-state index is 0.0610. The van der Waals surface area contributed by atoms with Gasteiger partial charge in [0, 0.05) is 40.9 Å². The fourth-order valence-corrected chi connectivity index (χ4v) is 4.91. The quantitative estimate of drug-likeness (QED) is 0.614. The first-order valence-corrected chi connectivity index (χ1v) is 8.17. The summed E-state index contributed by atoms with van der Waals surface area (Å²) in [6.07, 6.45) is -4.48. The number of hydrogen-bond acceptors (Lipinski definition) is 6. The molecule has 1 amide bonds. The number of non-ortho nitro benzene ring substituents is 1. The minimum atomic E-state index is -4.89. The van der Waals surface area contributed by atoms with Gasteiger partial charge in [0.2, 0.25) is 0 Å². The predicted octanol–water partition coefficient (Wildman–Crippen LogP) is 2.04. The van der Waals surface area contributed by atoms with Gasteiger partial charge in [0.1, 0.15) is 5.92 Å². The van der Waals surface area contributed by atoms with Gasteiger partial charge in [-0.2, -0.15) is 13.2 Å². The van der Waals surface area contributed by atoms with Crippen molar-refractivity contribution in [3.63, 3.8) is 0 Å². The second kappa shape index (κ2) is 5.38. The summed E-state index contributed by atoms with van der Waals surface area (Å²) in [6, 6.07) is -0.250. The Morgan fingerprint density at radius 1 is 1.26 bits per heavy atom. The number of nitrogens with one attached hydrogen (secondary N) is 1. The molecule has 3 aliphatic heterocycles. The van der Waals surface area contributed by atoms with E-state index in [0.29, 0.717) is 6.42 Å². The van der Waals surface area contributed by atoms with Crippen LogP contribution in [-0.4, -0.2) is 45.5 Å². The van der Waals surface area contributed by atoms with Gasteiger partial charge >= 0.3 is 6.18 Å². The summed E-state index contributed by atoms with van der Waals surface area (Å²) in [5.41, 5.74) is -2.74. The van der Waals surface area contributed by atoms with Gasteiger partial charge in [0.15, 0.2) is 5.54 Å². The normalized spacial score (nSPS) is 32.4. The third kappa shape index (κ3) is 2.13. The molecule has 0 aliphatic carbocycles. The van der Waals surface area contributed by atoms with Crippen molar-refractivity contribution in [2.24, 2.45) is 5.92 Å². The van der Waals surface area contributed by atoms with Crippen molar-refractivity contribution in [3.8, 4) is 0 Å². The molecule has 0 aromatic heterocycles. The number of nitro groups is 2. The lowest BCUT2D eigenvalue weighted by molar-refractivity contribution is -0.547. The molecule has 0 radical (unpaired) electrons. The molecule has 1 N–H and O–H groups in total. The van der Waals surface area contributed by atoms with E-state index in [1.165, 1.54) is 11.0 Å². The molecule has 0 saturated carbocycles. The number of alkyl halides is 3. The van der Waals surface area contributed by atoms with Crippen LogP contribution in [0.2, 0.25) is 0 Å². The molecule has 1 spiro atoms. The van der Waals surface area contributed by atoms with E-state index in [0.717, 1.165) is 12.1 Å². The van der Waals surface area contributed by atoms with Crippen LogP contribution in [0.1, 0.15) is 18.4 Å². The van der Waals surface area contributed by atoms with E-state index in [9.17, 15) is 38.2 Å². The molecule has 12 heteroatoms. The Bertz CT molecular complexity index is 875. The smallest absolute Gasteiger partial charge is 0.324 e. The molecule has 0 unspecified atom stereocenters. The molecule has 3 heterocycles. The van der Waals surface area contributed by atoms with Crippen LogP contribution in [0.3, 0.4) is 0 Å². The maximum Gasteiger partial charge on any atom is 0.400 e. The van der Waals surface area contributed by atoms with E-state index in [1.54, 1.807) is 0 Å². The number of rotatable bonds is 2. The Hall–Kier alpha value is -2.76. The molecule has 9 nitrogen and oxygen atoms in total. The Morgan fingerprint density at radius 2 is 1.96 bits per heavy atom. The van der Waals surface area contributed by atoms with Crippen molar-refractivity contribution in [2.75, 3.05) is 11.9 Å². The zero-order chi connectivity index (χ0) is 19.7. The molecular weight excluding hydrogens is 373 g/mol. The highest BCUT2D eigenvalue weighted by molar-refractivity contribution is 6.07. The zero-order valence-electron chi connectivity index (χ0n) is 13.6. The van der Waals surface area contributed by atoms with E-state index in [-0.39, 0.29) is 24.2 Å². The van der Waals surface area contributed by atoms with E-state index >= 15 is 0 Å². The van der Waals surface area contributed by atoms with Crippen LogP contribution in [0, 0.1) is 26.1 Å². The number of carbonyl (C=O) groups is 1. The molecule has 4 rings (SSSR count). The lowest BCUT2D eigenvalue weighted by atomic mass is 9.79. The fourth-order valence-electron chi connectivity index (χ4n) is 4.91. The van der Waals surface area contributed by atoms with E-state index in [4.69, 9.17) is 0 Å². The largest absolute Gasteiger partial charge is 0.400 e. The van der Waals surface area contributed by atoms with Crippen LogP contribution >= 0.6 is 0 Å². The van der Waals surface area contributed by atoms with Crippen molar-refractivity contribution in [1.82, 2.24) is 4.90 Å². The molecule has 0 bridgehead atoms. The van der Waals surface area contributed by atoms with Gasteiger partial charge in [-0.1, -0.05) is 0 Å². The lowest BCUT2D eigenvalue weighted by Crippen LogP contribution is -2.56. The number of nitro benzene ring substituents is 1. The van der Waals surface area contributed by atoms with Crippen molar-refractivity contribution in [2.45, 2.75) is 36.6 Å². The molecule has 1 aromatic rings. The zero-order valence-corrected chi connectivity index (χ0v) is 13.6. The number of benzene rings is 1. The summed E-state index contributed by atoms with van der Waals surface area (Å²) in [4.78, 5) is 35.2. The van der Waals surface area contributed by atoms with Crippen molar-refractivity contribution < 1.29 is 27.8 Å². The molecule has 3 aliphatic rings. The number of carbonyl (C=O) groups excluding carboxylic acids is 1. The first-order valence-electron chi connectivity index (χ1n) is 8.17. The van der Waals surface area contributed by atoms with Crippen LogP contribution in [0.4, 0.5) is 24.5 Å². The average molecular weight is 386 g/mol. The van der Waals surface area contributed by atoms with Crippen LogP contribution < -0.4 is 5.32 Å². The van der Waals surface area contributed by atoms with E-state index in [1.807, 2.05) is 0 Å². The Morgan fingerprint density at radius 3 is 2.56 bits per heavy atom. The molecular formula is C15H13F3N4O5. The second-order valence-corrected chi connectivity index (χ2v) is 6.91. The van der Waals surface area contributed by atoms with Crippen LogP contribution in [0.25, 0.3) is 0 Å². The van der Waals surface area contributed by atoms with E-state index < -0.39 is 51.2 Å². The standard InChI is InChI=1S/C15H13F3N4O5/c16-15(17,18)11-10-2-1-5-20(10)14(12(11)22(26)27)8-6-7(21(24)25)3-4-9(8)19-13(14)23/h3-4,6,10-12H,1-2,5H2,(H,19,23)/t10-,11-,12+,14+/m1/s1. The highest BCUT2D eigenvalue weighted by Gasteiger charge is 2.78. The third-order valence-corrected chi connectivity index (χ3v) is 5.76. The maximum absolute atomic E-state index is 13.8. The number of halogens is 3. The van der Waals surface area contributed by atoms with Crippen molar-refractivity contribution in [1.29, 1.82) is 0 Å². The lowest BCUT2D eigenvalue weighted by Gasteiger charge is -2.32. The molecule has 2 fully saturated rings. The first-order chi connectivity index (χ1) is 12.6. The van der Waals surface area contributed by atoms with Gasteiger partial charge in [-0.25, -0.2) is 0 Å². The van der Waals surface area contributed by atoms with Crippen molar-refractivity contribution >= 4 is 17.3 Å².